The van der Waals surface area contributed by atoms with Crippen LogP contribution in [0.2, 0.25) is 0 Å². The van der Waals surface area contributed by atoms with E-state index in [0.717, 1.165) is 24.1 Å². The number of benzene rings is 1. The minimum absolute atomic E-state index is 0.0258. The molecule has 0 spiro atoms. The van der Waals surface area contributed by atoms with Crippen LogP contribution < -0.4 is 4.72 Å². The van der Waals surface area contributed by atoms with Crippen molar-refractivity contribution in [1.82, 2.24) is 13.5 Å². The normalized spacial score (nSPS) is 29.2. The van der Waals surface area contributed by atoms with Gasteiger partial charge in [0.05, 0.1) is 11.7 Å². The molecule has 4 rings (SSSR count). The molecule has 22 heavy (non-hydrogen) atoms. The Hall–Kier alpha value is -1.05. The van der Waals surface area contributed by atoms with Gasteiger partial charge in [0, 0.05) is 6.04 Å². The van der Waals surface area contributed by atoms with Gasteiger partial charge in [0.25, 0.3) is 0 Å². The van der Waals surface area contributed by atoms with Crippen LogP contribution in [0.1, 0.15) is 32.6 Å². The summed E-state index contributed by atoms with van der Waals surface area (Å²) in [6, 6.07) is 5.10. The molecule has 0 amide bonds. The second-order valence-corrected chi connectivity index (χ2v) is 8.85. The number of hydrogen-bond donors (Lipinski definition) is 1. The smallest absolute Gasteiger partial charge is 0.208 e. The largest absolute Gasteiger partial charge is 0.243 e. The topological polar surface area (TPSA) is 72.0 Å². The Morgan fingerprint density at radius 2 is 2.14 bits per heavy atom. The maximum Gasteiger partial charge on any atom is 0.243 e. The highest BCUT2D eigenvalue weighted by molar-refractivity contribution is 7.89. The van der Waals surface area contributed by atoms with E-state index >= 15 is 0 Å². The molecule has 2 aliphatic carbocycles. The average molecular weight is 337 g/mol. The number of sulfonamides is 1. The molecule has 2 aromatic rings. The highest BCUT2D eigenvalue weighted by Gasteiger charge is 2.42. The van der Waals surface area contributed by atoms with Gasteiger partial charge in [-0.3, -0.25) is 0 Å². The zero-order valence-electron chi connectivity index (χ0n) is 12.4. The van der Waals surface area contributed by atoms with Gasteiger partial charge in [0.2, 0.25) is 10.0 Å². The molecule has 0 saturated heterocycles. The van der Waals surface area contributed by atoms with Crippen LogP contribution in [0.5, 0.6) is 0 Å². The molecule has 0 aliphatic heterocycles. The van der Waals surface area contributed by atoms with E-state index < -0.39 is 10.0 Å². The lowest BCUT2D eigenvalue weighted by Gasteiger charge is -2.28. The summed E-state index contributed by atoms with van der Waals surface area (Å²) in [6.07, 6.45) is 5.02. The van der Waals surface area contributed by atoms with Crippen LogP contribution in [0.15, 0.2) is 23.1 Å². The zero-order chi connectivity index (χ0) is 15.3. The number of rotatable bonds is 4. The average Bonchev–Trinajstić information content (AvgIpc) is 3.21. The van der Waals surface area contributed by atoms with Crippen molar-refractivity contribution in [2.75, 3.05) is 0 Å². The van der Waals surface area contributed by atoms with E-state index in [4.69, 9.17) is 0 Å². The van der Waals surface area contributed by atoms with Crippen LogP contribution in [0.25, 0.3) is 11.0 Å². The number of aromatic nitrogens is 2. The second kappa shape index (κ2) is 5.25. The number of nitrogens with one attached hydrogen (secondary N) is 1. The molecule has 1 N–H and O–H groups in total. The molecular weight excluding hydrogens is 318 g/mol. The molecule has 2 bridgehead atoms. The van der Waals surface area contributed by atoms with Gasteiger partial charge in [-0.1, -0.05) is 12.5 Å². The van der Waals surface area contributed by atoms with Gasteiger partial charge in [0.1, 0.15) is 15.9 Å². The maximum atomic E-state index is 12.7. The van der Waals surface area contributed by atoms with E-state index in [1.807, 2.05) is 6.92 Å². The quantitative estimate of drug-likeness (QED) is 0.931. The third-order valence-electron chi connectivity index (χ3n) is 5.31. The summed E-state index contributed by atoms with van der Waals surface area (Å²) in [6.45, 7) is 2.00. The van der Waals surface area contributed by atoms with E-state index in [9.17, 15) is 8.42 Å². The Kier molecular flexibility index (Phi) is 3.47. The van der Waals surface area contributed by atoms with Crippen LogP contribution in [-0.4, -0.2) is 23.2 Å². The highest BCUT2D eigenvalue weighted by Crippen LogP contribution is 2.49. The van der Waals surface area contributed by atoms with Crippen molar-refractivity contribution < 1.29 is 8.42 Å². The van der Waals surface area contributed by atoms with Gasteiger partial charge >= 0.3 is 0 Å². The van der Waals surface area contributed by atoms with Crippen LogP contribution in [0.3, 0.4) is 0 Å². The Bertz CT molecular complexity index is 802. The molecule has 118 valence electrons. The first kappa shape index (κ1) is 14.5. The fraction of sp³-hybridized carbons (Fsp3) is 0.600. The van der Waals surface area contributed by atoms with E-state index in [0.29, 0.717) is 22.9 Å². The lowest BCUT2D eigenvalue weighted by molar-refractivity contribution is 0.280. The molecular formula is C15H19N3O2S2. The van der Waals surface area contributed by atoms with Gasteiger partial charge in [0.15, 0.2) is 0 Å². The zero-order valence-corrected chi connectivity index (χ0v) is 14.0. The van der Waals surface area contributed by atoms with Crippen LogP contribution in [-0.2, 0) is 10.0 Å². The minimum Gasteiger partial charge on any atom is -0.208 e. The van der Waals surface area contributed by atoms with Gasteiger partial charge in [-0.25, -0.2) is 13.1 Å². The summed E-state index contributed by atoms with van der Waals surface area (Å²) in [5.41, 5.74) is 1.11. The molecule has 1 aromatic heterocycles. The first-order chi connectivity index (χ1) is 10.5. The standard InChI is InChI=1S/C15H19N3O2S2/c1-9(12-8-10-5-6-11(12)7-10)18-22(19,20)14-4-2-3-13-15(14)17-21-16-13/h2-4,9-12,18H,5-8H2,1H3. The molecule has 0 radical (unpaired) electrons. The minimum atomic E-state index is -3.56. The summed E-state index contributed by atoms with van der Waals surface area (Å²) >= 11 is 1.04. The summed E-state index contributed by atoms with van der Waals surface area (Å²) in [4.78, 5) is 0.244. The van der Waals surface area contributed by atoms with E-state index in [-0.39, 0.29) is 10.9 Å². The summed E-state index contributed by atoms with van der Waals surface area (Å²) in [7, 11) is -3.56. The molecule has 2 fully saturated rings. The number of fused-ring (bicyclic) bond motifs is 3. The SMILES string of the molecule is CC(NS(=O)(=O)c1cccc2nsnc12)C1CC2CCC1C2. The van der Waals surface area contributed by atoms with Crippen molar-refractivity contribution in [3.8, 4) is 0 Å². The van der Waals surface area contributed by atoms with E-state index in [1.165, 1.54) is 19.3 Å². The lowest BCUT2D eigenvalue weighted by atomic mass is 9.84. The van der Waals surface area contributed by atoms with Gasteiger partial charge in [-0.2, -0.15) is 8.75 Å². The van der Waals surface area contributed by atoms with Crippen molar-refractivity contribution in [2.45, 2.75) is 43.5 Å². The van der Waals surface area contributed by atoms with Crippen molar-refractivity contribution in [3.05, 3.63) is 18.2 Å². The van der Waals surface area contributed by atoms with E-state index in [2.05, 4.69) is 13.5 Å². The second-order valence-electron chi connectivity index (χ2n) is 6.64. The van der Waals surface area contributed by atoms with Crippen LogP contribution in [0, 0.1) is 17.8 Å². The Morgan fingerprint density at radius 1 is 1.27 bits per heavy atom. The van der Waals surface area contributed by atoms with Gasteiger partial charge in [-0.05, 0) is 56.1 Å². The third-order valence-corrected chi connectivity index (χ3v) is 7.45. The first-order valence-electron chi connectivity index (χ1n) is 7.78. The molecule has 4 atom stereocenters. The van der Waals surface area contributed by atoms with Crippen molar-refractivity contribution in [3.63, 3.8) is 0 Å². The Balaban J connectivity index is 1.60. The van der Waals surface area contributed by atoms with Gasteiger partial charge in [-0.15, -0.1) is 0 Å². The Labute approximate surface area is 134 Å². The van der Waals surface area contributed by atoms with Crippen LogP contribution in [0.4, 0.5) is 0 Å². The maximum absolute atomic E-state index is 12.7. The molecule has 7 heteroatoms. The monoisotopic (exact) mass is 337 g/mol. The van der Waals surface area contributed by atoms with Crippen LogP contribution >= 0.6 is 11.7 Å². The predicted octanol–water partition coefficient (Wildman–Crippen LogP) is 2.79. The molecule has 1 heterocycles. The number of hydrogen-bond acceptors (Lipinski definition) is 5. The lowest BCUT2D eigenvalue weighted by Crippen LogP contribution is -2.40. The summed E-state index contributed by atoms with van der Waals surface area (Å²) < 4.78 is 36.6. The molecule has 1 aromatic carbocycles. The number of nitrogens with zero attached hydrogens (tertiary/aromatic N) is 2. The summed E-state index contributed by atoms with van der Waals surface area (Å²) in [5.74, 6) is 1.98. The first-order valence-corrected chi connectivity index (χ1v) is 9.99. The fourth-order valence-electron chi connectivity index (χ4n) is 4.30. The van der Waals surface area contributed by atoms with E-state index in [1.54, 1.807) is 18.2 Å². The highest BCUT2D eigenvalue weighted by atomic mass is 32.2. The van der Waals surface area contributed by atoms with Gasteiger partial charge < -0.3 is 0 Å². The Morgan fingerprint density at radius 3 is 2.86 bits per heavy atom. The van der Waals surface area contributed by atoms with Crippen molar-refractivity contribution in [1.29, 1.82) is 0 Å². The van der Waals surface area contributed by atoms with Crippen molar-refractivity contribution >= 4 is 32.8 Å². The molecule has 2 aliphatic rings. The molecule has 5 nitrogen and oxygen atoms in total. The third kappa shape index (κ3) is 2.35. The summed E-state index contributed by atoms with van der Waals surface area (Å²) in [5, 5.41) is 0. The molecule has 4 unspecified atom stereocenters. The predicted molar refractivity (Wildman–Crippen MR) is 86.1 cm³/mol. The molecule has 2 saturated carbocycles. The fourth-order valence-corrected chi connectivity index (χ4v) is 6.36. The van der Waals surface area contributed by atoms with Crippen molar-refractivity contribution in [2.24, 2.45) is 17.8 Å².